The number of para-hydroxylation sites is 1. The van der Waals surface area contributed by atoms with Crippen molar-refractivity contribution in [3.8, 4) is 11.6 Å². The summed E-state index contributed by atoms with van der Waals surface area (Å²) < 4.78 is 19.2. The van der Waals surface area contributed by atoms with E-state index >= 15 is 0 Å². The Morgan fingerprint density at radius 3 is 2.62 bits per heavy atom. The van der Waals surface area contributed by atoms with Crippen molar-refractivity contribution in [2.24, 2.45) is 0 Å². The Balaban J connectivity index is 1.77. The molecule has 6 heteroatoms. The van der Waals surface area contributed by atoms with Gasteiger partial charge in [-0.3, -0.25) is 4.79 Å². The van der Waals surface area contributed by atoms with Crippen LogP contribution in [-0.4, -0.2) is 10.9 Å². The number of anilines is 1. The number of nitrogens with zero attached hydrogens (tertiary/aromatic N) is 1. The van der Waals surface area contributed by atoms with Crippen LogP contribution in [0.3, 0.4) is 0 Å². The zero-order valence-corrected chi connectivity index (χ0v) is 13.1. The molecule has 1 N–H and O–H groups in total. The lowest BCUT2D eigenvalue weighted by molar-refractivity contribution is 0.102. The third kappa shape index (κ3) is 3.88. The maximum Gasteiger partial charge on any atom is 0.274 e. The fourth-order valence-electron chi connectivity index (χ4n) is 2.00. The van der Waals surface area contributed by atoms with Gasteiger partial charge in [0.1, 0.15) is 17.3 Å². The van der Waals surface area contributed by atoms with E-state index in [2.05, 4.69) is 10.3 Å². The van der Waals surface area contributed by atoms with E-state index in [1.807, 2.05) is 0 Å². The number of hydrogen-bond acceptors (Lipinski definition) is 3. The Bertz CT molecular complexity index is 886. The molecule has 1 heterocycles. The van der Waals surface area contributed by atoms with Crippen LogP contribution >= 0.6 is 11.6 Å². The monoisotopic (exact) mass is 342 g/mol. The highest BCUT2D eigenvalue weighted by Gasteiger charge is 2.11. The highest BCUT2D eigenvalue weighted by atomic mass is 35.5. The summed E-state index contributed by atoms with van der Waals surface area (Å²) in [5.74, 6) is -0.311. The summed E-state index contributed by atoms with van der Waals surface area (Å²) in [6.45, 7) is 0. The molecule has 0 saturated heterocycles. The van der Waals surface area contributed by atoms with E-state index in [1.165, 1.54) is 18.2 Å². The third-order valence-electron chi connectivity index (χ3n) is 3.10. The van der Waals surface area contributed by atoms with Gasteiger partial charge in [0, 0.05) is 11.1 Å². The summed E-state index contributed by atoms with van der Waals surface area (Å²) >= 11 is 5.90. The van der Waals surface area contributed by atoms with E-state index in [9.17, 15) is 9.18 Å². The molecular formula is C18H12ClFN2O2. The van der Waals surface area contributed by atoms with E-state index in [4.69, 9.17) is 16.3 Å². The molecular weight excluding hydrogens is 331 g/mol. The lowest BCUT2D eigenvalue weighted by Crippen LogP contribution is -2.14. The molecule has 0 aliphatic heterocycles. The maximum atomic E-state index is 13.6. The van der Waals surface area contributed by atoms with Gasteiger partial charge in [0.15, 0.2) is 0 Å². The van der Waals surface area contributed by atoms with E-state index in [1.54, 1.807) is 48.5 Å². The second-order valence-electron chi connectivity index (χ2n) is 4.85. The number of ether oxygens (including phenoxy) is 1. The van der Waals surface area contributed by atoms with Crippen molar-refractivity contribution >= 4 is 23.2 Å². The molecule has 0 aliphatic carbocycles. The zero-order valence-electron chi connectivity index (χ0n) is 12.4. The molecule has 0 radical (unpaired) electrons. The van der Waals surface area contributed by atoms with Crippen LogP contribution in [0.4, 0.5) is 10.1 Å². The second-order valence-corrected chi connectivity index (χ2v) is 5.29. The van der Waals surface area contributed by atoms with Crippen LogP contribution in [0.1, 0.15) is 10.5 Å². The van der Waals surface area contributed by atoms with Crippen LogP contribution in [0.25, 0.3) is 0 Å². The molecule has 3 aromatic rings. The van der Waals surface area contributed by atoms with Gasteiger partial charge in [-0.25, -0.2) is 9.37 Å². The Morgan fingerprint density at radius 2 is 1.83 bits per heavy atom. The summed E-state index contributed by atoms with van der Waals surface area (Å²) in [6, 6.07) is 17.5. The number of rotatable bonds is 4. The van der Waals surface area contributed by atoms with Crippen LogP contribution < -0.4 is 10.1 Å². The summed E-state index contributed by atoms with van der Waals surface area (Å²) in [5.41, 5.74) is 0.197. The van der Waals surface area contributed by atoms with Gasteiger partial charge in [0.25, 0.3) is 5.91 Å². The largest absolute Gasteiger partial charge is 0.439 e. The van der Waals surface area contributed by atoms with Gasteiger partial charge in [0.2, 0.25) is 5.88 Å². The van der Waals surface area contributed by atoms with Crippen LogP contribution in [0.15, 0.2) is 66.7 Å². The molecule has 1 amide bonds. The Labute approximate surface area is 142 Å². The van der Waals surface area contributed by atoms with Crippen LogP contribution in [-0.2, 0) is 0 Å². The highest BCUT2D eigenvalue weighted by molar-refractivity contribution is 6.30. The van der Waals surface area contributed by atoms with Gasteiger partial charge < -0.3 is 10.1 Å². The van der Waals surface area contributed by atoms with Crippen molar-refractivity contribution in [1.29, 1.82) is 0 Å². The molecule has 120 valence electrons. The standard InChI is InChI=1S/C18H12ClFN2O2/c19-12-5-3-6-13(11-12)24-17-10-4-9-16(21-17)18(23)22-15-8-2-1-7-14(15)20/h1-11H,(H,22,23). The number of nitrogens with one attached hydrogen (secondary N) is 1. The first-order chi connectivity index (χ1) is 11.6. The number of benzene rings is 2. The lowest BCUT2D eigenvalue weighted by atomic mass is 10.3. The average Bonchev–Trinajstić information content (AvgIpc) is 2.57. The van der Waals surface area contributed by atoms with Crippen molar-refractivity contribution in [1.82, 2.24) is 4.98 Å². The molecule has 24 heavy (non-hydrogen) atoms. The zero-order chi connectivity index (χ0) is 16.9. The summed E-state index contributed by atoms with van der Waals surface area (Å²) in [4.78, 5) is 16.3. The van der Waals surface area contributed by atoms with Gasteiger partial charge in [-0.2, -0.15) is 0 Å². The SMILES string of the molecule is O=C(Nc1ccccc1F)c1cccc(Oc2cccc(Cl)c2)n1. The van der Waals surface area contributed by atoms with Crippen molar-refractivity contribution in [2.45, 2.75) is 0 Å². The Kier molecular flexibility index (Phi) is 4.72. The van der Waals surface area contributed by atoms with E-state index in [-0.39, 0.29) is 17.3 Å². The normalized spacial score (nSPS) is 10.2. The smallest absolute Gasteiger partial charge is 0.274 e. The first-order valence-electron chi connectivity index (χ1n) is 7.08. The number of amides is 1. The van der Waals surface area contributed by atoms with Crippen molar-refractivity contribution in [2.75, 3.05) is 5.32 Å². The fraction of sp³-hybridized carbons (Fsp3) is 0. The maximum absolute atomic E-state index is 13.6. The molecule has 3 rings (SSSR count). The molecule has 0 unspecified atom stereocenters. The number of halogens is 2. The molecule has 4 nitrogen and oxygen atoms in total. The molecule has 0 saturated carbocycles. The molecule has 0 fully saturated rings. The predicted molar refractivity (Wildman–Crippen MR) is 90.1 cm³/mol. The van der Waals surface area contributed by atoms with Crippen LogP contribution in [0.5, 0.6) is 11.6 Å². The first-order valence-corrected chi connectivity index (χ1v) is 7.46. The molecule has 0 bridgehead atoms. The molecule has 0 spiro atoms. The van der Waals surface area contributed by atoms with E-state index < -0.39 is 11.7 Å². The fourth-order valence-corrected chi connectivity index (χ4v) is 2.18. The quantitative estimate of drug-likeness (QED) is 0.732. The van der Waals surface area contributed by atoms with Gasteiger partial charge in [-0.05, 0) is 36.4 Å². The highest BCUT2D eigenvalue weighted by Crippen LogP contribution is 2.23. The van der Waals surface area contributed by atoms with Gasteiger partial charge in [0.05, 0.1) is 5.69 Å². The van der Waals surface area contributed by atoms with Gasteiger partial charge >= 0.3 is 0 Å². The lowest BCUT2D eigenvalue weighted by Gasteiger charge is -2.08. The summed E-state index contributed by atoms with van der Waals surface area (Å²) in [7, 11) is 0. The molecule has 0 aliphatic rings. The minimum atomic E-state index is -0.531. The number of aromatic nitrogens is 1. The molecule has 1 aromatic heterocycles. The van der Waals surface area contributed by atoms with E-state index in [0.29, 0.717) is 10.8 Å². The van der Waals surface area contributed by atoms with Crippen molar-refractivity contribution in [3.05, 3.63) is 83.3 Å². The topological polar surface area (TPSA) is 51.2 Å². The summed E-state index contributed by atoms with van der Waals surface area (Å²) in [6.07, 6.45) is 0. The minimum Gasteiger partial charge on any atom is -0.439 e. The Hall–Kier alpha value is -2.92. The second kappa shape index (κ2) is 7.10. The third-order valence-corrected chi connectivity index (χ3v) is 3.33. The van der Waals surface area contributed by atoms with Crippen molar-refractivity contribution in [3.63, 3.8) is 0 Å². The number of carbonyl (C=O) groups is 1. The number of carbonyl (C=O) groups excluding carboxylic acids is 1. The Morgan fingerprint density at radius 1 is 1.04 bits per heavy atom. The van der Waals surface area contributed by atoms with Crippen LogP contribution in [0.2, 0.25) is 5.02 Å². The average molecular weight is 343 g/mol. The minimum absolute atomic E-state index is 0.0884. The molecule has 0 atom stereocenters. The number of pyridine rings is 1. The first kappa shape index (κ1) is 16.0. The molecule has 2 aromatic carbocycles. The number of hydrogen-bond donors (Lipinski definition) is 1. The van der Waals surface area contributed by atoms with E-state index in [0.717, 1.165) is 0 Å². The van der Waals surface area contributed by atoms with Gasteiger partial charge in [-0.1, -0.05) is 35.9 Å². The summed E-state index contributed by atoms with van der Waals surface area (Å²) in [5, 5.41) is 3.00. The van der Waals surface area contributed by atoms with Gasteiger partial charge in [-0.15, -0.1) is 0 Å². The van der Waals surface area contributed by atoms with Crippen LogP contribution in [0, 0.1) is 5.82 Å². The van der Waals surface area contributed by atoms with Crippen molar-refractivity contribution < 1.29 is 13.9 Å². The predicted octanol–water partition coefficient (Wildman–Crippen LogP) is 4.92.